The number of carbonyl (C=O) groups is 1. The monoisotopic (exact) mass is 564 g/mol. The molecule has 0 heterocycles. The molecule has 170 valence electrons. The minimum Gasteiger partial charge on any atom is -0.493 e. The average Bonchev–Trinajstić information content (AvgIpc) is 3.15. The number of halogens is 2. The number of ether oxygens (including phenoxy) is 4. The van der Waals surface area contributed by atoms with Crippen LogP contribution in [0.15, 0.2) is 47.5 Å². The number of Topliss-reactive ketones (excluding diaryl/α,β-unsaturated/α-hetero) is 1. The van der Waals surface area contributed by atoms with Crippen molar-refractivity contribution in [1.82, 2.24) is 0 Å². The maximum absolute atomic E-state index is 13.0. The van der Waals surface area contributed by atoms with E-state index < -0.39 is 0 Å². The van der Waals surface area contributed by atoms with Gasteiger partial charge in [0.25, 0.3) is 0 Å². The highest BCUT2D eigenvalue weighted by Gasteiger charge is 2.23. The Labute approximate surface area is 205 Å². The van der Waals surface area contributed by atoms with Crippen molar-refractivity contribution in [3.63, 3.8) is 0 Å². The summed E-state index contributed by atoms with van der Waals surface area (Å²) in [4.78, 5) is 13.0. The van der Waals surface area contributed by atoms with Gasteiger partial charge in [-0.2, -0.15) is 0 Å². The van der Waals surface area contributed by atoms with E-state index in [4.69, 9.17) is 18.9 Å². The van der Waals surface area contributed by atoms with E-state index in [2.05, 4.69) is 31.9 Å². The van der Waals surface area contributed by atoms with Crippen molar-refractivity contribution < 1.29 is 23.7 Å². The molecule has 0 radical (unpaired) electrons. The van der Waals surface area contributed by atoms with Gasteiger partial charge in [0.2, 0.25) is 0 Å². The lowest BCUT2D eigenvalue weighted by Crippen LogP contribution is -2.00. The molecule has 0 N–H and O–H groups in total. The minimum absolute atomic E-state index is 0.0714. The van der Waals surface area contributed by atoms with Crippen LogP contribution in [0, 0.1) is 0 Å². The molecule has 1 aliphatic carbocycles. The van der Waals surface area contributed by atoms with E-state index in [0.29, 0.717) is 49.1 Å². The fourth-order valence-electron chi connectivity index (χ4n) is 3.46. The lowest BCUT2D eigenvalue weighted by molar-refractivity contribution is -0.111. The third-order valence-electron chi connectivity index (χ3n) is 4.97. The molecule has 1 fully saturated rings. The molecule has 2 aromatic carbocycles. The summed E-state index contributed by atoms with van der Waals surface area (Å²) in [6, 6.07) is 11.4. The van der Waals surface area contributed by atoms with Gasteiger partial charge in [-0.15, -0.1) is 0 Å². The Hall–Kier alpha value is -2.25. The van der Waals surface area contributed by atoms with Crippen molar-refractivity contribution >= 4 is 49.8 Å². The van der Waals surface area contributed by atoms with E-state index >= 15 is 0 Å². The van der Waals surface area contributed by atoms with Crippen LogP contribution in [0.4, 0.5) is 0 Å². The molecule has 0 amide bonds. The first-order valence-electron chi connectivity index (χ1n) is 10.3. The molecule has 2 aromatic rings. The number of hydrogen-bond acceptors (Lipinski definition) is 5. The second kappa shape index (κ2) is 12.1. The van der Waals surface area contributed by atoms with E-state index in [1.54, 1.807) is 14.2 Å². The van der Waals surface area contributed by atoms with Crippen LogP contribution in [-0.2, 0) is 4.79 Å². The van der Waals surface area contributed by atoms with E-state index in [1.807, 2.05) is 48.6 Å². The SMILES string of the molecule is COc1cc(/C=C2\CC/C(=C\c3ccc(OCCBr)c(OC)c3)C2=O)ccc1OCCBr. The van der Waals surface area contributed by atoms with Crippen molar-refractivity contribution in [1.29, 1.82) is 0 Å². The normalized spacial score (nSPS) is 15.9. The highest BCUT2D eigenvalue weighted by molar-refractivity contribution is 9.09. The van der Waals surface area contributed by atoms with E-state index in [1.165, 1.54) is 0 Å². The van der Waals surface area contributed by atoms with Crippen LogP contribution >= 0.6 is 31.9 Å². The van der Waals surface area contributed by atoms with Crippen molar-refractivity contribution in [2.75, 3.05) is 38.1 Å². The summed E-state index contributed by atoms with van der Waals surface area (Å²) in [5.74, 6) is 2.74. The Balaban J connectivity index is 1.78. The Morgan fingerprint density at radius 1 is 0.750 bits per heavy atom. The molecule has 0 bridgehead atoms. The fourth-order valence-corrected chi connectivity index (χ4v) is 3.79. The van der Waals surface area contributed by atoms with E-state index in [9.17, 15) is 4.79 Å². The van der Waals surface area contributed by atoms with E-state index in [0.717, 1.165) is 32.9 Å². The predicted octanol–water partition coefficient (Wildman–Crippen LogP) is 6.08. The Kier molecular flexibility index (Phi) is 9.23. The summed E-state index contributed by atoms with van der Waals surface area (Å²) < 4.78 is 22.2. The third kappa shape index (κ3) is 6.17. The maximum Gasteiger partial charge on any atom is 0.185 e. The second-order valence-electron chi connectivity index (χ2n) is 7.06. The Bertz CT molecular complexity index is 934. The lowest BCUT2D eigenvalue weighted by atomic mass is 10.1. The van der Waals surface area contributed by atoms with Crippen molar-refractivity contribution in [2.24, 2.45) is 0 Å². The molecule has 0 saturated heterocycles. The summed E-state index contributed by atoms with van der Waals surface area (Å²) in [7, 11) is 3.22. The number of ketones is 1. The van der Waals surface area contributed by atoms with Crippen molar-refractivity contribution in [3.8, 4) is 23.0 Å². The number of benzene rings is 2. The highest BCUT2D eigenvalue weighted by Crippen LogP contribution is 2.34. The number of alkyl halides is 2. The number of allylic oxidation sites excluding steroid dienone is 2. The van der Waals surface area contributed by atoms with Gasteiger partial charge in [-0.25, -0.2) is 0 Å². The zero-order valence-electron chi connectivity index (χ0n) is 18.2. The second-order valence-corrected chi connectivity index (χ2v) is 8.65. The average molecular weight is 566 g/mol. The van der Waals surface area contributed by atoms with Crippen LogP contribution in [0.5, 0.6) is 23.0 Å². The summed E-state index contributed by atoms with van der Waals surface area (Å²) in [6.07, 6.45) is 5.27. The van der Waals surface area contributed by atoms with Crippen LogP contribution in [0.1, 0.15) is 24.0 Å². The van der Waals surface area contributed by atoms with Crippen LogP contribution in [0.25, 0.3) is 12.2 Å². The number of hydrogen-bond donors (Lipinski definition) is 0. The third-order valence-corrected chi connectivity index (χ3v) is 5.62. The van der Waals surface area contributed by atoms with Gasteiger partial charge < -0.3 is 18.9 Å². The van der Waals surface area contributed by atoms with Gasteiger partial charge in [-0.05, 0) is 60.4 Å². The lowest BCUT2D eigenvalue weighted by Gasteiger charge is -2.10. The molecule has 3 rings (SSSR count). The zero-order valence-corrected chi connectivity index (χ0v) is 21.3. The first-order valence-corrected chi connectivity index (χ1v) is 12.5. The van der Waals surface area contributed by atoms with Gasteiger partial charge in [0.1, 0.15) is 0 Å². The smallest absolute Gasteiger partial charge is 0.185 e. The summed E-state index contributed by atoms with van der Waals surface area (Å²) in [6.45, 7) is 1.11. The molecule has 1 aliphatic rings. The number of rotatable bonds is 10. The van der Waals surface area contributed by atoms with Gasteiger partial charge in [0.05, 0.1) is 27.4 Å². The molecular weight excluding hydrogens is 540 g/mol. The van der Waals surface area contributed by atoms with Gasteiger partial charge in [-0.3, -0.25) is 4.79 Å². The van der Waals surface area contributed by atoms with Crippen molar-refractivity contribution in [2.45, 2.75) is 12.8 Å². The molecule has 1 saturated carbocycles. The Morgan fingerprint density at radius 3 is 1.56 bits per heavy atom. The Morgan fingerprint density at radius 2 is 1.19 bits per heavy atom. The number of methoxy groups -OCH3 is 2. The van der Waals surface area contributed by atoms with Crippen LogP contribution in [0.3, 0.4) is 0 Å². The topological polar surface area (TPSA) is 54.0 Å². The molecule has 0 unspecified atom stereocenters. The maximum atomic E-state index is 13.0. The molecular formula is C25H26Br2O5. The molecule has 7 heteroatoms. The van der Waals surface area contributed by atoms with Crippen LogP contribution < -0.4 is 18.9 Å². The largest absolute Gasteiger partial charge is 0.493 e. The minimum atomic E-state index is 0.0714. The van der Waals surface area contributed by atoms with E-state index in [-0.39, 0.29) is 5.78 Å². The predicted molar refractivity (Wildman–Crippen MR) is 135 cm³/mol. The standard InChI is InChI=1S/C25H26Br2O5/c1-29-23-15-17(3-7-21(23)31-11-9-26)13-19-5-6-20(25(19)28)14-18-4-8-22(32-12-10-27)24(16-18)30-2/h3-4,7-8,13-16H,5-6,9-12H2,1-2H3/b19-13+,20-14+. The quantitative estimate of drug-likeness (QED) is 0.258. The van der Waals surface area contributed by atoms with Crippen molar-refractivity contribution in [3.05, 3.63) is 58.7 Å². The summed E-state index contributed by atoms with van der Waals surface area (Å²) >= 11 is 6.70. The summed E-state index contributed by atoms with van der Waals surface area (Å²) in [5, 5.41) is 1.48. The zero-order chi connectivity index (χ0) is 22.9. The van der Waals surface area contributed by atoms with Gasteiger partial charge in [0, 0.05) is 21.8 Å². The number of carbonyl (C=O) groups excluding carboxylic acids is 1. The molecule has 0 spiro atoms. The first kappa shape index (κ1) is 24.4. The van der Waals surface area contributed by atoms with Gasteiger partial charge >= 0.3 is 0 Å². The van der Waals surface area contributed by atoms with Crippen LogP contribution in [-0.4, -0.2) is 43.9 Å². The molecule has 5 nitrogen and oxygen atoms in total. The molecule has 32 heavy (non-hydrogen) atoms. The molecule has 0 atom stereocenters. The molecule has 0 aliphatic heterocycles. The molecule has 0 aromatic heterocycles. The highest BCUT2D eigenvalue weighted by atomic mass is 79.9. The van der Waals surface area contributed by atoms with Gasteiger partial charge in [0.15, 0.2) is 28.8 Å². The van der Waals surface area contributed by atoms with Gasteiger partial charge in [-0.1, -0.05) is 44.0 Å². The fraction of sp³-hybridized carbons (Fsp3) is 0.320. The first-order chi connectivity index (χ1) is 15.6. The van der Waals surface area contributed by atoms with Crippen LogP contribution in [0.2, 0.25) is 0 Å². The summed E-state index contributed by atoms with van der Waals surface area (Å²) in [5.41, 5.74) is 3.40.